The number of hydrogen-bond donors (Lipinski definition) is 0. The van der Waals surface area contributed by atoms with Gasteiger partial charge < -0.3 is 14.4 Å². The number of halogens is 3. The van der Waals surface area contributed by atoms with E-state index in [0.29, 0.717) is 17.2 Å². The molecule has 1 aliphatic heterocycles. The van der Waals surface area contributed by atoms with E-state index in [-0.39, 0.29) is 24.8 Å². The summed E-state index contributed by atoms with van der Waals surface area (Å²) < 4.78 is 55.0. The number of rotatable bonds is 10. The molecule has 0 spiro atoms. The third-order valence-corrected chi connectivity index (χ3v) is 7.66. The summed E-state index contributed by atoms with van der Waals surface area (Å²) in [5, 5.41) is 0. The third-order valence-electron chi connectivity index (χ3n) is 5.79. The molecule has 0 bridgehead atoms. The van der Waals surface area contributed by atoms with Crippen LogP contribution in [-0.2, 0) is 16.1 Å². The van der Waals surface area contributed by atoms with Gasteiger partial charge in [0.25, 0.3) is 0 Å². The first-order chi connectivity index (χ1) is 17.3. The molecule has 1 aliphatic rings. The zero-order chi connectivity index (χ0) is 26.2. The predicted molar refractivity (Wildman–Crippen MR) is 139 cm³/mol. The van der Waals surface area contributed by atoms with Crippen molar-refractivity contribution in [3.8, 4) is 5.75 Å². The highest BCUT2D eigenvalue weighted by Crippen LogP contribution is 2.44. The summed E-state index contributed by atoms with van der Waals surface area (Å²) in [7, 11) is 2.00. The van der Waals surface area contributed by atoms with Gasteiger partial charge in [-0.25, -0.2) is 17.9 Å². The fourth-order valence-electron chi connectivity index (χ4n) is 3.90. The van der Waals surface area contributed by atoms with Gasteiger partial charge in [-0.15, -0.1) is 11.8 Å². The number of nitrogens with zero attached hydrogens (tertiary/aromatic N) is 2. The fraction of sp³-hybridized carbons (Fsp3) is 0.423. The van der Waals surface area contributed by atoms with E-state index in [4.69, 9.17) is 4.74 Å². The Morgan fingerprint density at radius 3 is 2.72 bits per heavy atom. The van der Waals surface area contributed by atoms with E-state index in [1.54, 1.807) is 13.0 Å². The van der Waals surface area contributed by atoms with Gasteiger partial charge in [0.1, 0.15) is 23.6 Å². The monoisotopic (exact) mass is 540 g/mol. The highest BCUT2D eigenvalue weighted by atomic mass is 32.2. The van der Waals surface area contributed by atoms with Gasteiger partial charge in [-0.1, -0.05) is 19.8 Å². The highest BCUT2D eigenvalue weighted by Gasteiger charge is 2.28. The first kappa shape index (κ1) is 28.3. The summed E-state index contributed by atoms with van der Waals surface area (Å²) in [5.74, 6) is -2.79. The van der Waals surface area contributed by atoms with Crippen molar-refractivity contribution >= 4 is 35.4 Å². The van der Waals surface area contributed by atoms with Crippen molar-refractivity contribution in [2.45, 2.75) is 55.5 Å². The molecule has 0 saturated heterocycles. The van der Waals surface area contributed by atoms with Gasteiger partial charge in [0.05, 0.1) is 22.1 Å². The van der Waals surface area contributed by atoms with Crippen molar-refractivity contribution in [3.63, 3.8) is 0 Å². The summed E-state index contributed by atoms with van der Waals surface area (Å²) in [6, 6.07) is 7.35. The molecular weight excluding hydrogens is 509 g/mol. The number of fused-ring (bicyclic) bond motifs is 1. The number of unbranched alkanes of at least 4 members (excludes halogenated alkanes) is 1. The van der Waals surface area contributed by atoms with Crippen molar-refractivity contribution in [1.29, 1.82) is 0 Å². The first-order valence-corrected chi connectivity index (χ1v) is 13.8. The largest absolute Gasteiger partial charge is 0.461 e. The van der Waals surface area contributed by atoms with Crippen LogP contribution >= 0.6 is 23.7 Å². The third kappa shape index (κ3) is 7.14. The molecule has 0 saturated carbocycles. The smallest absolute Gasteiger partial charge is 0.370 e. The first-order valence-electron chi connectivity index (χ1n) is 11.8. The average Bonchev–Trinajstić information content (AvgIpc) is 2.98. The molecule has 36 heavy (non-hydrogen) atoms. The Hall–Kier alpha value is -2.30. The maximum absolute atomic E-state index is 14.6. The van der Waals surface area contributed by atoms with Crippen molar-refractivity contribution < 1.29 is 27.4 Å². The van der Waals surface area contributed by atoms with E-state index in [1.165, 1.54) is 29.8 Å². The molecule has 0 fully saturated rings. The lowest BCUT2D eigenvalue weighted by Gasteiger charge is -2.30. The zero-order valence-corrected chi connectivity index (χ0v) is 22.5. The number of ether oxygens (including phenoxy) is 2. The van der Waals surface area contributed by atoms with Crippen LogP contribution in [-0.4, -0.2) is 42.8 Å². The standard InChI is InChI=1S/C26H31F3N2O3S2/c1-5-7-8-19-15-31(14-17-11-18(27)9-10-20(17)28)22-12-25(35-4)23(13-24(22)36-30(19)3)34-16-21(29)26(32)33-6-2/h9-13,16,19H,5-8,14-15H2,1-4H3/b21-16-. The number of esters is 1. The molecule has 0 N–H and O–H groups in total. The predicted octanol–water partition coefficient (Wildman–Crippen LogP) is 6.96. The number of anilines is 1. The van der Waals surface area contributed by atoms with Crippen molar-refractivity contribution in [3.05, 3.63) is 59.6 Å². The minimum atomic E-state index is -1.13. The van der Waals surface area contributed by atoms with Gasteiger partial charge in [0, 0.05) is 24.7 Å². The molecule has 1 unspecified atom stereocenters. The molecule has 0 radical (unpaired) electrons. The SMILES string of the molecule is CCCCC1CN(Cc2cc(F)ccc2F)c2cc(SC)c(O/C=C(\F)C(=O)OCC)cc2SN1C. The quantitative estimate of drug-likeness (QED) is 0.106. The summed E-state index contributed by atoms with van der Waals surface area (Å²) in [4.78, 5) is 15.2. The van der Waals surface area contributed by atoms with Crippen molar-refractivity contribution in [2.24, 2.45) is 0 Å². The van der Waals surface area contributed by atoms with Crippen LogP contribution in [0.3, 0.4) is 0 Å². The van der Waals surface area contributed by atoms with Gasteiger partial charge in [0.2, 0.25) is 5.83 Å². The molecule has 0 aliphatic carbocycles. The Bertz CT molecular complexity index is 1100. The normalized spacial score (nSPS) is 16.5. The van der Waals surface area contributed by atoms with E-state index in [2.05, 4.69) is 20.9 Å². The molecule has 1 atom stereocenters. The second-order valence-electron chi connectivity index (χ2n) is 8.32. The van der Waals surface area contributed by atoms with Crippen LogP contribution in [0.1, 0.15) is 38.7 Å². The van der Waals surface area contributed by atoms with Crippen LogP contribution in [0.25, 0.3) is 0 Å². The Kier molecular flexibility index (Phi) is 10.4. The summed E-state index contributed by atoms with van der Waals surface area (Å²) in [6.07, 6.45) is 5.64. The van der Waals surface area contributed by atoms with E-state index in [0.717, 1.165) is 48.2 Å². The summed E-state index contributed by atoms with van der Waals surface area (Å²) in [5.41, 5.74) is 1.12. The lowest BCUT2D eigenvalue weighted by molar-refractivity contribution is -0.140. The molecule has 10 heteroatoms. The number of benzene rings is 2. The van der Waals surface area contributed by atoms with Gasteiger partial charge in [-0.05, 0) is 68.9 Å². The lowest BCUT2D eigenvalue weighted by atomic mass is 10.1. The van der Waals surface area contributed by atoms with Gasteiger partial charge in [0.15, 0.2) is 0 Å². The van der Waals surface area contributed by atoms with Gasteiger partial charge >= 0.3 is 5.97 Å². The van der Waals surface area contributed by atoms with Crippen LogP contribution in [0.4, 0.5) is 18.9 Å². The molecule has 5 nitrogen and oxygen atoms in total. The maximum Gasteiger partial charge on any atom is 0.370 e. The second-order valence-corrected chi connectivity index (χ2v) is 10.4. The molecule has 3 rings (SSSR count). The molecule has 1 heterocycles. The van der Waals surface area contributed by atoms with Crippen LogP contribution in [0, 0.1) is 11.6 Å². The number of hydrogen-bond acceptors (Lipinski definition) is 7. The minimum absolute atomic E-state index is 0.0545. The highest BCUT2D eigenvalue weighted by molar-refractivity contribution is 7.98. The number of likely N-dealkylation sites (N-methyl/N-ethyl adjacent to an activating group) is 1. The zero-order valence-electron chi connectivity index (χ0n) is 20.9. The van der Waals surface area contributed by atoms with Gasteiger partial charge in [-0.2, -0.15) is 4.39 Å². The van der Waals surface area contributed by atoms with Crippen molar-refractivity contribution in [1.82, 2.24) is 4.31 Å². The molecular formula is C26H31F3N2O3S2. The molecule has 196 valence electrons. The molecule has 0 amide bonds. The molecule has 2 aromatic carbocycles. The average molecular weight is 541 g/mol. The summed E-state index contributed by atoms with van der Waals surface area (Å²) >= 11 is 2.92. The topological polar surface area (TPSA) is 42.0 Å². The van der Waals surface area contributed by atoms with E-state index in [1.807, 2.05) is 19.4 Å². The van der Waals surface area contributed by atoms with Crippen LogP contribution in [0.2, 0.25) is 0 Å². The fourth-order valence-corrected chi connectivity index (χ4v) is 5.51. The maximum atomic E-state index is 14.6. The molecule has 2 aromatic rings. The number of thioether (sulfide) groups is 1. The lowest BCUT2D eigenvalue weighted by Crippen LogP contribution is -2.37. The Labute approximate surface area is 219 Å². The van der Waals surface area contributed by atoms with Crippen LogP contribution in [0.5, 0.6) is 5.75 Å². The van der Waals surface area contributed by atoms with Crippen molar-refractivity contribution in [2.75, 3.05) is 31.4 Å². The Morgan fingerprint density at radius 2 is 2.03 bits per heavy atom. The van der Waals surface area contributed by atoms with Gasteiger partial charge in [-0.3, -0.25) is 0 Å². The minimum Gasteiger partial charge on any atom is -0.461 e. The van der Waals surface area contributed by atoms with Crippen LogP contribution < -0.4 is 9.64 Å². The van der Waals surface area contributed by atoms with E-state index >= 15 is 0 Å². The second kappa shape index (κ2) is 13.3. The Morgan fingerprint density at radius 1 is 1.25 bits per heavy atom. The van der Waals surface area contributed by atoms with Crippen LogP contribution in [0.15, 0.2) is 52.2 Å². The summed E-state index contributed by atoms with van der Waals surface area (Å²) in [6.45, 7) is 4.60. The number of carbonyl (C=O) groups is 1. The molecule has 0 aromatic heterocycles. The Balaban J connectivity index is 2.01. The number of carbonyl (C=O) groups excluding carboxylic acids is 1. The van der Waals surface area contributed by atoms with E-state index in [9.17, 15) is 18.0 Å². The van der Waals surface area contributed by atoms with E-state index < -0.39 is 23.4 Å².